The van der Waals surface area contributed by atoms with E-state index >= 15 is 0 Å². The monoisotopic (exact) mass is 308 g/mol. The van der Waals surface area contributed by atoms with Crippen LogP contribution in [0.15, 0.2) is 18.2 Å². The number of nitrogens with one attached hydrogen (secondary N) is 1. The minimum atomic E-state index is -0.0538. The van der Waals surface area contributed by atoms with E-state index in [2.05, 4.69) is 29.3 Å². The quantitative estimate of drug-likeness (QED) is 0.899. The van der Waals surface area contributed by atoms with Gasteiger partial charge >= 0.3 is 0 Å². The molecule has 1 atom stereocenters. The first-order chi connectivity index (χ1) is 10.1. The fraction of sp³-hybridized carbons (Fsp3) is 0.647. The van der Waals surface area contributed by atoms with Gasteiger partial charge in [-0.2, -0.15) is 0 Å². The molecule has 1 aliphatic carbocycles. The van der Waals surface area contributed by atoms with Crippen molar-refractivity contribution in [2.24, 2.45) is 0 Å². The molecule has 1 aliphatic heterocycles. The summed E-state index contributed by atoms with van der Waals surface area (Å²) in [5.41, 5.74) is 2.55. The average Bonchev–Trinajstić information content (AvgIpc) is 3.30. The highest BCUT2D eigenvalue weighted by Crippen LogP contribution is 2.32. The van der Waals surface area contributed by atoms with E-state index in [-0.39, 0.29) is 5.60 Å². The van der Waals surface area contributed by atoms with E-state index in [1.807, 2.05) is 13.2 Å². The van der Waals surface area contributed by atoms with Crippen LogP contribution in [0.5, 0.6) is 0 Å². The number of rotatable bonds is 5. The molecule has 0 spiro atoms. The lowest BCUT2D eigenvalue weighted by atomic mass is 9.94. The van der Waals surface area contributed by atoms with Crippen molar-refractivity contribution >= 4 is 17.3 Å². The van der Waals surface area contributed by atoms with E-state index < -0.39 is 0 Å². The molecule has 0 bridgehead atoms. The summed E-state index contributed by atoms with van der Waals surface area (Å²) in [6.07, 6.45) is 4.91. The highest BCUT2D eigenvalue weighted by atomic mass is 35.5. The van der Waals surface area contributed by atoms with Gasteiger partial charge in [0.2, 0.25) is 0 Å². The second-order valence-corrected chi connectivity index (χ2v) is 7.04. The van der Waals surface area contributed by atoms with Crippen molar-refractivity contribution in [2.75, 3.05) is 25.1 Å². The van der Waals surface area contributed by atoms with E-state index in [1.165, 1.54) is 24.1 Å². The SMILES string of the molecule is COC1(C)CCCN(c2cc(Cl)ccc2CNC2CC2)C1. The molecule has 116 valence electrons. The third-order valence-electron chi connectivity index (χ3n) is 4.70. The van der Waals surface area contributed by atoms with E-state index in [0.29, 0.717) is 0 Å². The summed E-state index contributed by atoms with van der Waals surface area (Å²) in [7, 11) is 1.82. The van der Waals surface area contributed by atoms with Crippen molar-refractivity contribution in [3.8, 4) is 0 Å². The van der Waals surface area contributed by atoms with Crippen LogP contribution in [0.1, 0.15) is 38.2 Å². The molecule has 0 radical (unpaired) electrons. The normalized spacial score (nSPS) is 26.1. The summed E-state index contributed by atoms with van der Waals surface area (Å²) in [6.45, 7) is 5.14. The zero-order valence-corrected chi connectivity index (χ0v) is 13.7. The van der Waals surface area contributed by atoms with Crippen LogP contribution in [0.3, 0.4) is 0 Å². The van der Waals surface area contributed by atoms with E-state index in [4.69, 9.17) is 16.3 Å². The molecule has 2 fully saturated rings. The third kappa shape index (κ3) is 3.71. The molecule has 3 rings (SSSR count). The van der Waals surface area contributed by atoms with Gasteiger partial charge in [0.1, 0.15) is 0 Å². The Hall–Kier alpha value is -0.770. The van der Waals surface area contributed by atoms with E-state index in [0.717, 1.165) is 43.5 Å². The van der Waals surface area contributed by atoms with Crippen molar-refractivity contribution in [1.29, 1.82) is 0 Å². The van der Waals surface area contributed by atoms with Crippen LogP contribution < -0.4 is 10.2 Å². The van der Waals surface area contributed by atoms with Crippen molar-refractivity contribution in [1.82, 2.24) is 5.32 Å². The second kappa shape index (κ2) is 6.15. The lowest BCUT2D eigenvalue weighted by molar-refractivity contribution is -0.00468. The lowest BCUT2D eigenvalue weighted by Gasteiger charge is -2.41. The number of methoxy groups -OCH3 is 1. The predicted octanol–water partition coefficient (Wildman–Crippen LogP) is 3.60. The van der Waals surface area contributed by atoms with Gasteiger partial charge in [0.15, 0.2) is 0 Å². The van der Waals surface area contributed by atoms with E-state index in [9.17, 15) is 0 Å². The van der Waals surface area contributed by atoms with Crippen LogP contribution in [-0.4, -0.2) is 31.8 Å². The summed E-state index contributed by atoms with van der Waals surface area (Å²) in [6, 6.07) is 6.98. The van der Waals surface area contributed by atoms with Gasteiger partial charge in [0.25, 0.3) is 0 Å². The molecular weight excluding hydrogens is 284 g/mol. The van der Waals surface area contributed by atoms with Gasteiger partial charge in [-0.1, -0.05) is 17.7 Å². The van der Waals surface area contributed by atoms with Gasteiger partial charge in [0, 0.05) is 43.5 Å². The highest BCUT2D eigenvalue weighted by molar-refractivity contribution is 6.30. The van der Waals surface area contributed by atoms with Crippen LogP contribution in [0.4, 0.5) is 5.69 Å². The van der Waals surface area contributed by atoms with Crippen LogP contribution in [0.25, 0.3) is 0 Å². The minimum absolute atomic E-state index is 0.0538. The summed E-state index contributed by atoms with van der Waals surface area (Å²) >= 11 is 6.24. The fourth-order valence-electron chi connectivity index (χ4n) is 3.10. The molecule has 1 aromatic rings. The number of benzene rings is 1. The van der Waals surface area contributed by atoms with Crippen molar-refractivity contribution in [3.63, 3.8) is 0 Å². The maximum atomic E-state index is 6.24. The number of hydrogen-bond acceptors (Lipinski definition) is 3. The standard InChI is InChI=1S/C17H25ClN2O/c1-17(21-2)8-3-9-20(12-17)16-10-14(18)5-4-13(16)11-19-15-6-7-15/h4-5,10,15,19H,3,6-9,11-12H2,1-2H3. The molecular formula is C17H25ClN2O. The Kier molecular flexibility index (Phi) is 4.43. The Morgan fingerprint density at radius 2 is 2.24 bits per heavy atom. The Morgan fingerprint density at radius 3 is 2.95 bits per heavy atom. The Labute approximate surface area is 132 Å². The summed E-state index contributed by atoms with van der Waals surface area (Å²) in [4.78, 5) is 2.43. The largest absolute Gasteiger partial charge is 0.377 e. The molecule has 1 N–H and O–H groups in total. The number of ether oxygens (including phenoxy) is 1. The third-order valence-corrected chi connectivity index (χ3v) is 4.93. The van der Waals surface area contributed by atoms with Gasteiger partial charge in [-0.05, 0) is 50.3 Å². The smallest absolute Gasteiger partial charge is 0.0825 e. The Bertz CT molecular complexity index is 504. The van der Waals surface area contributed by atoms with Crippen molar-refractivity contribution < 1.29 is 4.74 Å². The molecule has 4 heteroatoms. The molecule has 1 aromatic carbocycles. The Morgan fingerprint density at radius 1 is 1.43 bits per heavy atom. The predicted molar refractivity (Wildman–Crippen MR) is 88.2 cm³/mol. The second-order valence-electron chi connectivity index (χ2n) is 6.61. The minimum Gasteiger partial charge on any atom is -0.377 e. The number of halogens is 1. The van der Waals surface area contributed by atoms with Gasteiger partial charge in [-0.3, -0.25) is 0 Å². The first-order valence-corrected chi connectivity index (χ1v) is 8.29. The molecule has 0 aromatic heterocycles. The van der Waals surface area contributed by atoms with Crippen LogP contribution in [0, 0.1) is 0 Å². The van der Waals surface area contributed by atoms with Gasteiger partial charge in [-0.15, -0.1) is 0 Å². The van der Waals surface area contributed by atoms with Gasteiger partial charge in [-0.25, -0.2) is 0 Å². The molecule has 1 saturated carbocycles. The number of anilines is 1. The number of nitrogens with zero attached hydrogens (tertiary/aromatic N) is 1. The molecule has 1 saturated heterocycles. The zero-order valence-electron chi connectivity index (χ0n) is 13.0. The van der Waals surface area contributed by atoms with E-state index in [1.54, 1.807) is 0 Å². The molecule has 2 aliphatic rings. The topological polar surface area (TPSA) is 24.5 Å². The first kappa shape index (κ1) is 15.1. The lowest BCUT2D eigenvalue weighted by Crippen LogP contribution is -2.47. The van der Waals surface area contributed by atoms with Crippen LogP contribution in [0.2, 0.25) is 5.02 Å². The maximum Gasteiger partial charge on any atom is 0.0825 e. The molecule has 1 unspecified atom stereocenters. The highest BCUT2D eigenvalue weighted by Gasteiger charge is 2.31. The van der Waals surface area contributed by atoms with Crippen LogP contribution >= 0.6 is 11.6 Å². The van der Waals surface area contributed by atoms with Gasteiger partial charge < -0.3 is 15.0 Å². The summed E-state index contributed by atoms with van der Waals surface area (Å²) in [5, 5.41) is 4.42. The average molecular weight is 309 g/mol. The fourth-order valence-corrected chi connectivity index (χ4v) is 3.27. The number of hydrogen-bond donors (Lipinski definition) is 1. The Balaban J connectivity index is 1.79. The van der Waals surface area contributed by atoms with Crippen LogP contribution in [-0.2, 0) is 11.3 Å². The molecule has 3 nitrogen and oxygen atoms in total. The van der Waals surface area contributed by atoms with Gasteiger partial charge in [0.05, 0.1) is 5.60 Å². The van der Waals surface area contributed by atoms with Crippen molar-refractivity contribution in [2.45, 2.75) is 50.8 Å². The zero-order chi connectivity index (χ0) is 14.9. The van der Waals surface area contributed by atoms with Crippen molar-refractivity contribution in [3.05, 3.63) is 28.8 Å². The number of piperidine rings is 1. The summed E-state index contributed by atoms with van der Waals surface area (Å²) < 4.78 is 5.72. The summed E-state index contributed by atoms with van der Waals surface area (Å²) in [5.74, 6) is 0. The molecule has 1 heterocycles. The first-order valence-electron chi connectivity index (χ1n) is 7.91. The molecule has 21 heavy (non-hydrogen) atoms. The maximum absolute atomic E-state index is 6.24. The molecule has 0 amide bonds.